The lowest BCUT2D eigenvalue weighted by molar-refractivity contribution is 0.339. The predicted octanol–water partition coefficient (Wildman–Crippen LogP) is 2.39. The quantitative estimate of drug-likeness (QED) is 0.943. The molecule has 21 heavy (non-hydrogen) atoms. The second-order valence-electron chi connectivity index (χ2n) is 5.56. The summed E-state index contributed by atoms with van der Waals surface area (Å²) >= 11 is 0. The molecule has 2 aromatic rings. The van der Waals surface area contributed by atoms with E-state index in [0.717, 1.165) is 24.5 Å². The van der Waals surface area contributed by atoms with Gasteiger partial charge in [-0.1, -0.05) is 13.8 Å². The minimum absolute atomic E-state index is 0.183. The summed E-state index contributed by atoms with van der Waals surface area (Å²) in [7, 11) is 1.45. The molecular formula is C15H19FN4O. The van der Waals surface area contributed by atoms with Gasteiger partial charge in [-0.3, -0.25) is 0 Å². The van der Waals surface area contributed by atoms with Crippen LogP contribution < -0.4 is 10.1 Å². The monoisotopic (exact) mass is 290 g/mol. The molecule has 0 saturated carbocycles. The summed E-state index contributed by atoms with van der Waals surface area (Å²) in [6.07, 6.45) is 0. The van der Waals surface area contributed by atoms with Gasteiger partial charge in [-0.25, -0.2) is 4.39 Å². The van der Waals surface area contributed by atoms with E-state index in [2.05, 4.69) is 33.9 Å². The summed E-state index contributed by atoms with van der Waals surface area (Å²) < 4.78 is 20.9. The normalized spacial score (nSPS) is 17.9. The van der Waals surface area contributed by atoms with Crippen molar-refractivity contribution in [1.82, 2.24) is 20.1 Å². The van der Waals surface area contributed by atoms with Crippen LogP contribution in [0, 0.1) is 11.7 Å². The third-order valence-electron chi connectivity index (χ3n) is 3.83. The number of aromatic nitrogens is 3. The van der Waals surface area contributed by atoms with Crippen LogP contribution in [0.3, 0.4) is 0 Å². The van der Waals surface area contributed by atoms with Gasteiger partial charge in [0.1, 0.15) is 0 Å². The third-order valence-corrected chi connectivity index (χ3v) is 3.83. The molecule has 0 spiro atoms. The number of rotatable bonds is 3. The highest BCUT2D eigenvalue weighted by molar-refractivity contribution is 5.57. The number of nitrogens with one attached hydrogen (secondary N) is 1. The van der Waals surface area contributed by atoms with Crippen LogP contribution in [-0.2, 0) is 6.54 Å². The zero-order valence-corrected chi connectivity index (χ0v) is 12.4. The van der Waals surface area contributed by atoms with Crippen molar-refractivity contribution < 1.29 is 9.13 Å². The highest BCUT2D eigenvalue weighted by atomic mass is 19.1. The van der Waals surface area contributed by atoms with Gasteiger partial charge in [0.05, 0.1) is 13.2 Å². The van der Waals surface area contributed by atoms with E-state index in [0.29, 0.717) is 11.7 Å². The van der Waals surface area contributed by atoms with Gasteiger partial charge in [0.2, 0.25) is 0 Å². The molecule has 0 radical (unpaired) electrons. The molecule has 1 aliphatic rings. The van der Waals surface area contributed by atoms with Crippen molar-refractivity contribution in [2.24, 2.45) is 5.92 Å². The molecule has 1 N–H and O–H groups in total. The lowest BCUT2D eigenvalue weighted by Crippen LogP contribution is -2.36. The number of hydrogen-bond donors (Lipinski definition) is 1. The molecule has 6 heteroatoms. The average Bonchev–Trinajstić information content (AvgIpc) is 2.90. The van der Waals surface area contributed by atoms with Crippen molar-refractivity contribution in [3.8, 4) is 17.1 Å². The first-order chi connectivity index (χ1) is 10.1. The third kappa shape index (κ3) is 2.40. The van der Waals surface area contributed by atoms with E-state index in [9.17, 15) is 4.39 Å². The fraction of sp³-hybridized carbons (Fsp3) is 0.467. The van der Waals surface area contributed by atoms with Gasteiger partial charge in [-0.15, -0.1) is 10.2 Å². The van der Waals surface area contributed by atoms with E-state index >= 15 is 0 Å². The first kappa shape index (κ1) is 14.0. The Morgan fingerprint density at radius 1 is 1.38 bits per heavy atom. The van der Waals surface area contributed by atoms with E-state index in [1.54, 1.807) is 6.07 Å². The van der Waals surface area contributed by atoms with Gasteiger partial charge in [-0.2, -0.15) is 0 Å². The minimum Gasteiger partial charge on any atom is -0.494 e. The van der Waals surface area contributed by atoms with Crippen molar-refractivity contribution >= 4 is 0 Å². The van der Waals surface area contributed by atoms with Crippen LogP contribution in [0.4, 0.5) is 4.39 Å². The number of halogens is 1. The first-order valence-electron chi connectivity index (χ1n) is 7.12. The molecule has 1 aliphatic heterocycles. The van der Waals surface area contributed by atoms with Crippen LogP contribution in [0.15, 0.2) is 18.2 Å². The zero-order chi connectivity index (χ0) is 15.0. The van der Waals surface area contributed by atoms with Crippen LogP contribution in [0.25, 0.3) is 11.4 Å². The minimum atomic E-state index is -0.387. The fourth-order valence-electron chi connectivity index (χ4n) is 2.74. The number of nitrogens with zero attached hydrogens (tertiary/aromatic N) is 3. The smallest absolute Gasteiger partial charge is 0.165 e. The Morgan fingerprint density at radius 3 is 2.86 bits per heavy atom. The van der Waals surface area contributed by atoms with Crippen LogP contribution in [-0.4, -0.2) is 28.4 Å². The summed E-state index contributed by atoms with van der Waals surface area (Å²) in [5, 5.41) is 12.0. The molecule has 0 bridgehead atoms. The zero-order valence-electron chi connectivity index (χ0n) is 12.4. The molecule has 5 nitrogen and oxygen atoms in total. The molecule has 3 rings (SSSR count). The topological polar surface area (TPSA) is 52.0 Å². The van der Waals surface area contributed by atoms with Crippen LogP contribution in [0.2, 0.25) is 0 Å². The van der Waals surface area contributed by atoms with E-state index in [1.807, 2.05) is 6.07 Å². The molecule has 112 valence electrons. The summed E-state index contributed by atoms with van der Waals surface area (Å²) in [5.41, 5.74) is 0.719. The van der Waals surface area contributed by atoms with Crippen molar-refractivity contribution in [1.29, 1.82) is 0 Å². The number of fused-ring (bicyclic) bond motifs is 1. The molecule has 1 unspecified atom stereocenters. The van der Waals surface area contributed by atoms with Gasteiger partial charge < -0.3 is 14.6 Å². The Morgan fingerprint density at radius 2 is 2.19 bits per heavy atom. The summed E-state index contributed by atoms with van der Waals surface area (Å²) in [6, 6.07) is 5.06. The van der Waals surface area contributed by atoms with Crippen LogP contribution in [0.1, 0.15) is 25.7 Å². The maximum absolute atomic E-state index is 13.9. The first-order valence-corrected chi connectivity index (χ1v) is 7.12. The predicted molar refractivity (Wildman–Crippen MR) is 77.5 cm³/mol. The van der Waals surface area contributed by atoms with Crippen molar-refractivity contribution in [3.05, 3.63) is 29.8 Å². The number of hydrogen-bond acceptors (Lipinski definition) is 4. The van der Waals surface area contributed by atoms with Gasteiger partial charge in [0.15, 0.2) is 23.2 Å². The molecule has 0 amide bonds. The summed E-state index contributed by atoms with van der Waals surface area (Å²) in [6.45, 7) is 5.94. The van der Waals surface area contributed by atoms with Crippen LogP contribution in [0.5, 0.6) is 5.75 Å². The maximum Gasteiger partial charge on any atom is 0.165 e. The van der Waals surface area contributed by atoms with Gasteiger partial charge in [0, 0.05) is 18.7 Å². The highest BCUT2D eigenvalue weighted by Crippen LogP contribution is 2.29. The van der Waals surface area contributed by atoms with E-state index in [1.165, 1.54) is 13.2 Å². The Bertz CT molecular complexity index is 653. The maximum atomic E-state index is 13.9. The number of ether oxygens (including phenoxy) is 1. The Kier molecular flexibility index (Phi) is 3.63. The van der Waals surface area contributed by atoms with Gasteiger partial charge >= 0.3 is 0 Å². The molecule has 0 fully saturated rings. The highest BCUT2D eigenvalue weighted by Gasteiger charge is 2.27. The van der Waals surface area contributed by atoms with E-state index in [-0.39, 0.29) is 17.6 Å². The Balaban J connectivity index is 2.03. The number of benzene rings is 1. The molecule has 1 aromatic heterocycles. The Labute approximate surface area is 123 Å². The molecule has 0 saturated heterocycles. The second kappa shape index (κ2) is 5.44. The average molecular weight is 290 g/mol. The fourth-order valence-corrected chi connectivity index (χ4v) is 2.74. The lowest BCUT2D eigenvalue weighted by atomic mass is 10.0. The number of methoxy groups -OCH3 is 1. The molecule has 1 aromatic carbocycles. The van der Waals surface area contributed by atoms with Gasteiger partial charge in [-0.05, 0) is 24.1 Å². The SMILES string of the molecule is COc1ccc(-c2nnc3n2CCNC3C(C)C)cc1F. The van der Waals surface area contributed by atoms with Crippen molar-refractivity contribution in [3.63, 3.8) is 0 Å². The largest absolute Gasteiger partial charge is 0.494 e. The summed E-state index contributed by atoms with van der Waals surface area (Å²) in [4.78, 5) is 0. The van der Waals surface area contributed by atoms with E-state index in [4.69, 9.17) is 4.74 Å². The second-order valence-corrected chi connectivity index (χ2v) is 5.56. The van der Waals surface area contributed by atoms with Crippen molar-refractivity contribution in [2.75, 3.05) is 13.7 Å². The molecule has 2 heterocycles. The molecule has 1 atom stereocenters. The lowest BCUT2D eigenvalue weighted by Gasteiger charge is -2.27. The summed E-state index contributed by atoms with van der Waals surface area (Å²) in [5.74, 6) is 1.90. The van der Waals surface area contributed by atoms with E-state index < -0.39 is 0 Å². The standard InChI is InChI=1S/C15H19FN4O/c1-9(2)13-15-19-18-14(20(15)7-6-17-13)10-4-5-12(21-3)11(16)8-10/h4-5,8-9,13,17H,6-7H2,1-3H3. The Hall–Kier alpha value is -1.95. The molecular weight excluding hydrogens is 271 g/mol. The van der Waals surface area contributed by atoms with Crippen LogP contribution >= 0.6 is 0 Å². The van der Waals surface area contributed by atoms with Crippen molar-refractivity contribution in [2.45, 2.75) is 26.4 Å². The molecule has 0 aliphatic carbocycles. The van der Waals surface area contributed by atoms with Gasteiger partial charge in [0.25, 0.3) is 0 Å².